The molecule has 0 N–H and O–H groups in total. The number of rotatable bonds is 2. The van der Waals surface area contributed by atoms with Crippen molar-refractivity contribution in [3.05, 3.63) is 40.8 Å². The Balaban J connectivity index is 1.85. The van der Waals surface area contributed by atoms with Gasteiger partial charge in [-0.1, -0.05) is 29.3 Å². The number of fused-ring (bicyclic) bond motifs is 1. The first-order valence-electron chi connectivity index (χ1n) is 7.84. The molecule has 0 aromatic heterocycles. The molecule has 9 heteroatoms. The zero-order valence-corrected chi connectivity index (χ0v) is 14.6. The van der Waals surface area contributed by atoms with E-state index in [2.05, 4.69) is 15.1 Å². The van der Waals surface area contributed by atoms with Gasteiger partial charge >= 0.3 is 5.96 Å². The second-order valence-corrected chi connectivity index (χ2v) is 6.77. The molecule has 1 fully saturated rings. The third-order valence-electron chi connectivity index (χ3n) is 4.43. The Bertz CT molecular complexity index is 831. The molecule has 0 amide bonds. The van der Waals surface area contributed by atoms with Gasteiger partial charge in [0.05, 0.1) is 23.7 Å². The van der Waals surface area contributed by atoms with Crippen LogP contribution in [0.1, 0.15) is 18.4 Å². The molecule has 3 heterocycles. The first-order chi connectivity index (χ1) is 12.0. The molecule has 130 valence electrons. The highest BCUT2D eigenvalue weighted by Gasteiger charge is 2.49. The normalized spacial score (nSPS) is 29.1. The van der Waals surface area contributed by atoms with E-state index in [9.17, 15) is 8.78 Å². The van der Waals surface area contributed by atoms with E-state index >= 15 is 0 Å². The van der Waals surface area contributed by atoms with E-state index in [0.29, 0.717) is 30.9 Å². The minimum absolute atomic E-state index is 0.0683. The number of hydrogen-bond acceptors (Lipinski definition) is 4. The fourth-order valence-corrected chi connectivity index (χ4v) is 3.74. The van der Waals surface area contributed by atoms with Crippen LogP contribution in [0.2, 0.25) is 5.02 Å². The highest BCUT2D eigenvalue weighted by molar-refractivity contribution is 6.77. The van der Waals surface area contributed by atoms with E-state index in [-0.39, 0.29) is 27.0 Å². The van der Waals surface area contributed by atoms with Gasteiger partial charge in [-0.3, -0.25) is 0 Å². The second kappa shape index (κ2) is 6.25. The molecular weight excluding hydrogens is 371 g/mol. The van der Waals surface area contributed by atoms with E-state index in [4.69, 9.17) is 23.2 Å². The van der Waals surface area contributed by atoms with Crippen molar-refractivity contribution in [2.45, 2.75) is 19.0 Å². The highest BCUT2D eigenvalue weighted by atomic mass is 35.5. The maximum absolute atomic E-state index is 14.4. The first kappa shape index (κ1) is 16.8. The summed E-state index contributed by atoms with van der Waals surface area (Å²) in [5, 5.41) is 6.46. The van der Waals surface area contributed by atoms with E-state index in [1.807, 2.05) is 0 Å². The summed E-state index contributed by atoms with van der Waals surface area (Å²) >= 11 is 12.5. The van der Waals surface area contributed by atoms with Crippen LogP contribution in [-0.4, -0.2) is 46.4 Å². The van der Waals surface area contributed by atoms with Gasteiger partial charge in [0.1, 0.15) is 12.0 Å². The number of guanidine groups is 1. The average molecular weight is 385 g/mol. The SMILES string of the molecule is Fc1cccc(Cl)c1C1=C[N+]2(N3CCCC(F)C3)N=CN=C2N=C1Cl. The molecule has 3 aliphatic rings. The highest BCUT2D eigenvalue weighted by Crippen LogP contribution is 2.37. The van der Waals surface area contributed by atoms with Crippen LogP contribution >= 0.6 is 23.2 Å². The predicted molar refractivity (Wildman–Crippen MR) is 94.6 cm³/mol. The van der Waals surface area contributed by atoms with Crippen LogP contribution in [0.15, 0.2) is 39.5 Å². The lowest BCUT2D eigenvalue weighted by atomic mass is 10.1. The van der Waals surface area contributed by atoms with Gasteiger partial charge in [-0.05, 0) is 34.8 Å². The van der Waals surface area contributed by atoms with Crippen molar-refractivity contribution in [1.82, 2.24) is 5.01 Å². The summed E-state index contributed by atoms with van der Waals surface area (Å²) in [6.07, 6.45) is 3.21. The predicted octanol–water partition coefficient (Wildman–Crippen LogP) is 3.95. The Morgan fingerprint density at radius 3 is 2.88 bits per heavy atom. The maximum atomic E-state index is 14.4. The summed E-state index contributed by atoms with van der Waals surface area (Å²) in [6.45, 7) is 0.789. The molecule has 25 heavy (non-hydrogen) atoms. The van der Waals surface area contributed by atoms with Gasteiger partial charge < -0.3 is 0 Å². The number of quaternary nitrogens is 1. The van der Waals surface area contributed by atoms with Crippen LogP contribution in [0.3, 0.4) is 0 Å². The molecule has 1 saturated heterocycles. The van der Waals surface area contributed by atoms with Crippen LogP contribution in [0.5, 0.6) is 0 Å². The molecule has 0 saturated carbocycles. The zero-order chi connectivity index (χ0) is 17.6. The molecular formula is C16H14Cl2F2N5+. The lowest BCUT2D eigenvalue weighted by Crippen LogP contribution is -2.59. The van der Waals surface area contributed by atoms with Crippen molar-refractivity contribution in [3.63, 3.8) is 0 Å². The van der Waals surface area contributed by atoms with Crippen LogP contribution in [0.25, 0.3) is 5.57 Å². The number of halogens is 4. The van der Waals surface area contributed by atoms with Crippen molar-refractivity contribution >= 4 is 46.2 Å². The first-order valence-corrected chi connectivity index (χ1v) is 8.59. The molecule has 0 radical (unpaired) electrons. The Hall–Kier alpha value is -1.67. The third kappa shape index (κ3) is 2.71. The topological polar surface area (TPSA) is 40.3 Å². The average Bonchev–Trinajstić information content (AvgIpc) is 2.99. The summed E-state index contributed by atoms with van der Waals surface area (Å²) < 4.78 is 28.1. The van der Waals surface area contributed by atoms with Gasteiger partial charge in [0, 0.05) is 5.56 Å². The Morgan fingerprint density at radius 1 is 1.28 bits per heavy atom. The molecule has 2 unspecified atom stereocenters. The fraction of sp³-hybridized carbons (Fsp3) is 0.312. The van der Waals surface area contributed by atoms with Gasteiger partial charge in [-0.15, -0.1) is 5.01 Å². The Kier molecular flexibility index (Phi) is 4.19. The number of aliphatic imine (C=N–C) groups is 2. The van der Waals surface area contributed by atoms with Crippen molar-refractivity contribution in [2.75, 3.05) is 13.1 Å². The van der Waals surface area contributed by atoms with Crippen molar-refractivity contribution in [3.8, 4) is 0 Å². The smallest absolute Gasteiger partial charge is 0.246 e. The number of benzene rings is 1. The van der Waals surface area contributed by atoms with E-state index in [1.54, 1.807) is 17.3 Å². The van der Waals surface area contributed by atoms with Crippen molar-refractivity contribution < 1.29 is 13.5 Å². The van der Waals surface area contributed by atoms with E-state index in [1.165, 1.54) is 18.5 Å². The number of piperidine rings is 1. The van der Waals surface area contributed by atoms with E-state index in [0.717, 1.165) is 0 Å². The molecule has 2 atom stereocenters. The van der Waals surface area contributed by atoms with Crippen LogP contribution < -0.4 is 0 Å². The minimum Gasteiger partial charge on any atom is -0.246 e. The standard InChI is InChI=1S/C16H14Cl2F2N5/c17-12-4-1-5-13(20)14(12)11-8-25(24-6-2-3-10(19)7-24)16(21-9-22-25)23-15(11)18/h1,4-5,8-10H,2-3,6-7H2/q+1. The number of allylic oxidation sites excluding steroid dienone is 1. The molecule has 0 spiro atoms. The van der Waals surface area contributed by atoms with Gasteiger partial charge in [0.15, 0.2) is 17.7 Å². The molecule has 3 aliphatic heterocycles. The minimum atomic E-state index is -0.964. The van der Waals surface area contributed by atoms with Gasteiger partial charge in [-0.25, -0.2) is 8.78 Å². The van der Waals surface area contributed by atoms with Crippen LogP contribution in [0, 0.1) is 5.82 Å². The number of nitrogens with zero attached hydrogens (tertiary/aromatic N) is 5. The molecule has 0 aliphatic carbocycles. The lowest BCUT2D eigenvalue weighted by Gasteiger charge is -2.38. The Labute approximate surface area is 153 Å². The third-order valence-corrected chi connectivity index (χ3v) is 5.03. The fourth-order valence-electron chi connectivity index (χ4n) is 3.26. The van der Waals surface area contributed by atoms with Crippen molar-refractivity contribution in [2.24, 2.45) is 15.1 Å². The summed E-state index contributed by atoms with van der Waals surface area (Å²) in [6, 6.07) is 4.38. The molecule has 4 rings (SSSR count). The number of alkyl halides is 1. The Morgan fingerprint density at radius 2 is 2.12 bits per heavy atom. The summed E-state index contributed by atoms with van der Waals surface area (Å²) in [5.41, 5.74) is 0.453. The van der Waals surface area contributed by atoms with Gasteiger partial charge in [0.25, 0.3) is 0 Å². The molecule has 0 bridgehead atoms. The summed E-state index contributed by atoms with van der Waals surface area (Å²) in [5.74, 6) is -0.217. The lowest BCUT2D eigenvalue weighted by molar-refractivity contribution is -0.921. The second-order valence-electron chi connectivity index (χ2n) is 6.00. The molecule has 1 aromatic rings. The summed E-state index contributed by atoms with van der Waals surface area (Å²) in [7, 11) is 0. The van der Waals surface area contributed by atoms with Crippen molar-refractivity contribution in [1.29, 1.82) is 0 Å². The summed E-state index contributed by atoms with van der Waals surface area (Å²) in [4.78, 5) is 8.42. The quantitative estimate of drug-likeness (QED) is 0.711. The monoisotopic (exact) mass is 384 g/mol. The van der Waals surface area contributed by atoms with Crippen LogP contribution in [-0.2, 0) is 0 Å². The van der Waals surface area contributed by atoms with Gasteiger partial charge in [0.2, 0.25) is 0 Å². The molecule has 1 aromatic carbocycles. The zero-order valence-electron chi connectivity index (χ0n) is 13.0. The van der Waals surface area contributed by atoms with E-state index < -0.39 is 12.0 Å². The number of hydrogen-bond donors (Lipinski definition) is 0. The largest absolute Gasteiger partial charge is 0.384 e. The van der Waals surface area contributed by atoms with Crippen LogP contribution in [0.4, 0.5) is 8.78 Å². The molecule has 5 nitrogen and oxygen atoms in total. The maximum Gasteiger partial charge on any atom is 0.384 e. The van der Waals surface area contributed by atoms with Gasteiger partial charge in [-0.2, -0.15) is 9.98 Å².